The predicted molar refractivity (Wildman–Crippen MR) is 111 cm³/mol. The maximum absolute atomic E-state index is 12.9. The zero-order valence-electron chi connectivity index (χ0n) is 16.8. The van der Waals surface area contributed by atoms with E-state index in [0.717, 1.165) is 5.56 Å². The van der Waals surface area contributed by atoms with Gasteiger partial charge in [0, 0.05) is 19.0 Å². The minimum absolute atomic E-state index is 0.153. The van der Waals surface area contributed by atoms with Crippen LogP contribution >= 0.6 is 0 Å². The number of carbonyl (C=O) groups is 1. The molecule has 7 nitrogen and oxygen atoms in total. The number of methoxy groups -OCH3 is 1. The van der Waals surface area contributed by atoms with E-state index in [-0.39, 0.29) is 23.2 Å². The molecule has 0 aliphatic heterocycles. The number of ether oxygens (including phenoxy) is 2. The van der Waals surface area contributed by atoms with Gasteiger partial charge in [-0.25, -0.2) is 4.68 Å². The molecule has 1 N–H and O–H groups in total. The van der Waals surface area contributed by atoms with Crippen molar-refractivity contribution in [1.82, 2.24) is 15.1 Å². The second-order valence-corrected chi connectivity index (χ2v) is 6.91. The SMILES string of the molecule is COCCOc1cccc(CNC(=O)c2nn(C(C)C)c(=O)c3ccccc23)c1. The number of hydrogen-bond donors (Lipinski definition) is 1. The van der Waals surface area contributed by atoms with Crippen LogP contribution in [0.4, 0.5) is 0 Å². The van der Waals surface area contributed by atoms with Crippen molar-refractivity contribution in [3.8, 4) is 5.75 Å². The van der Waals surface area contributed by atoms with Crippen molar-refractivity contribution in [2.75, 3.05) is 20.3 Å². The molecule has 0 bridgehead atoms. The number of nitrogens with one attached hydrogen (secondary N) is 1. The Balaban J connectivity index is 1.81. The Morgan fingerprint density at radius 3 is 2.59 bits per heavy atom. The highest BCUT2D eigenvalue weighted by molar-refractivity contribution is 6.04. The first-order chi connectivity index (χ1) is 14.0. The van der Waals surface area contributed by atoms with E-state index in [1.165, 1.54) is 4.68 Å². The average Bonchev–Trinajstić information content (AvgIpc) is 2.73. The van der Waals surface area contributed by atoms with Crippen molar-refractivity contribution in [2.24, 2.45) is 0 Å². The first-order valence-electron chi connectivity index (χ1n) is 9.51. The molecule has 0 unspecified atom stereocenters. The molecule has 0 saturated heterocycles. The zero-order chi connectivity index (χ0) is 20.8. The van der Waals surface area contributed by atoms with Crippen molar-refractivity contribution in [3.05, 3.63) is 70.1 Å². The zero-order valence-corrected chi connectivity index (χ0v) is 16.8. The Morgan fingerprint density at radius 1 is 1.10 bits per heavy atom. The van der Waals surface area contributed by atoms with Crippen molar-refractivity contribution in [1.29, 1.82) is 0 Å². The van der Waals surface area contributed by atoms with Crippen molar-refractivity contribution in [3.63, 3.8) is 0 Å². The fraction of sp³-hybridized carbons (Fsp3) is 0.318. The van der Waals surface area contributed by atoms with Gasteiger partial charge in [0.05, 0.1) is 18.0 Å². The van der Waals surface area contributed by atoms with Crippen molar-refractivity contribution in [2.45, 2.75) is 26.4 Å². The van der Waals surface area contributed by atoms with E-state index in [4.69, 9.17) is 9.47 Å². The molecular weight excluding hydrogens is 370 g/mol. The summed E-state index contributed by atoms with van der Waals surface area (Å²) in [5.41, 5.74) is 0.934. The first-order valence-corrected chi connectivity index (χ1v) is 9.51. The maximum Gasteiger partial charge on any atom is 0.274 e. The number of nitrogens with zero attached hydrogens (tertiary/aromatic N) is 2. The lowest BCUT2D eigenvalue weighted by Gasteiger charge is -2.13. The topological polar surface area (TPSA) is 82.4 Å². The molecule has 0 atom stereocenters. The molecule has 0 aliphatic carbocycles. The Kier molecular flexibility index (Phi) is 6.61. The molecule has 0 saturated carbocycles. The molecule has 152 valence electrons. The third-order valence-electron chi connectivity index (χ3n) is 4.44. The van der Waals surface area contributed by atoms with Crippen LogP contribution in [0.1, 0.15) is 35.9 Å². The lowest BCUT2D eigenvalue weighted by Crippen LogP contribution is -2.31. The molecule has 3 rings (SSSR count). The van der Waals surface area contributed by atoms with Crippen LogP contribution in [0.3, 0.4) is 0 Å². The molecule has 1 amide bonds. The number of hydrogen-bond acceptors (Lipinski definition) is 5. The highest BCUT2D eigenvalue weighted by atomic mass is 16.5. The third kappa shape index (κ3) is 4.81. The van der Waals surface area contributed by atoms with E-state index >= 15 is 0 Å². The van der Waals surface area contributed by atoms with Gasteiger partial charge in [-0.1, -0.05) is 30.3 Å². The van der Waals surface area contributed by atoms with E-state index in [1.54, 1.807) is 31.4 Å². The average molecular weight is 395 g/mol. The Labute approximate surface area is 169 Å². The van der Waals surface area contributed by atoms with Gasteiger partial charge in [-0.2, -0.15) is 5.10 Å². The fourth-order valence-corrected chi connectivity index (χ4v) is 2.98. The van der Waals surface area contributed by atoms with Crippen LogP contribution in [0.15, 0.2) is 53.3 Å². The van der Waals surface area contributed by atoms with Gasteiger partial charge < -0.3 is 14.8 Å². The smallest absolute Gasteiger partial charge is 0.274 e. The maximum atomic E-state index is 12.9. The van der Waals surface area contributed by atoms with Gasteiger partial charge in [-0.15, -0.1) is 0 Å². The highest BCUT2D eigenvalue weighted by Crippen LogP contribution is 2.16. The Hall–Kier alpha value is -3.19. The van der Waals surface area contributed by atoms with Crippen LogP contribution in [0.5, 0.6) is 5.75 Å². The highest BCUT2D eigenvalue weighted by Gasteiger charge is 2.17. The van der Waals surface area contributed by atoms with Crippen molar-refractivity contribution < 1.29 is 14.3 Å². The van der Waals surface area contributed by atoms with E-state index < -0.39 is 0 Å². The Morgan fingerprint density at radius 2 is 1.86 bits per heavy atom. The molecule has 0 fully saturated rings. The monoisotopic (exact) mass is 395 g/mol. The molecule has 0 spiro atoms. The molecular formula is C22H25N3O4. The first kappa shape index (κ1) is 20.5. The van der Waals surface area contributed by atoms with Gasteiger partial charge in [0.25, 0.3) is 11.5 Å². The number of benzene rings is 2. The molecule has 1 aromatic heterocycles. The molecule has 1 heterocycles. The van der Waals surface area contributed by atoms with Crippen LogP contribution in [0.25, 0.3) is 10.8 Å². The van der Waals surface area contributed by atoms with Crippen LogP contribution < -0.4 is 15.6 Å². The lowest BCUT2D eigenvalue weighted by atomic mass is 10.1. The quantitative estimate of drug-likeness (QED) is 0.593. The van der Waals surface area contributed by atoms with E-state index in [2.05, 4.69) is 10.4 Å². The summed E-state index contributed by atoms with van der Waals surface area (Å²) in [6.07, 6.45) is 0. The van der Waals surface area contributed by atoms with Crippen LogP contribution in [0, 0.1) is 0 Å². The third-order valence-corrected chi connectivity index (χ3v) is 4.44. The van der Waals surface area contributed by atoms with E-state index in [0.29, 0.717) is 36.3 Å². The standard InChI is InChI=1S/C22H25N3O4/c1-15(2)25-22(27)19-10-5-4-9-18(19)20(24-25)21(26)23-14-16-7-6-8-17(13-16)29-12-11-28-3/h4-10,13,15H,11-12,14H2,1-3H3,(H,23,26). The minimum atomic E-state index is -0.332. The number of carbonyl (C=O) groups excluding carboxylic acids is 1. The molecule has 2 aromatic carbocycles. The van der Waals surface area contributed by atoms with Crippen LogP contribution in [-0.2, 0) is 11.3 Å². The number of aromatic nitrogens is 2. The fourth-order valence-electron chi connectivity index (χ4n) is 2.98. The molecule has 0 aliphatic rings. The Bertz CT molecular complexity index is 1060. The summed E-state index contributed by atoms with van der Waals surface area (Å²) < 4.78 is 11.9. The number of fused-ring (bicyclic) bond motifs is 1. The predicted octanol–water partition coefficient (Wildman–Crippen LogP) is 2.93. The van der Waals surface area contributed by atoms with Gasteiger partial charge in [-0.3, -0.25) is 9.59 Å². The summed E-state index contributed by atoms with van der Waals surface area (Å²) >= 11 is 0. The number of amides is 1. The lowest BCUT2D eigenvalue weighted by molar-refractivity contribution is 0.0945. The summed E-state index contributed by atoms with van der Waals surface area (Å²) in [5.74, 6) is 0.382. The van der Waals surface area contributed by atoms with Crippen molar-refractivity contribution >= 4 is 16.7 Å². The molecule has 7 heteroatoms. The second-order valence-electron chi connectivity index (χ2n) is 6.91. The van der Waals surface area contributed by atoms with Gasteiger partial charge in [0.1, 0.15) is 12.4 Å². The van der Waals surface area contributed by atoms with Gasteiger partial charge in [0.2, 0.25) is 0 Å². The van der Waals surface area contributed by atoms with Gasteiger partial charge >= 0.3 is 0 Å². The van der Waals surface area contributed by atoms with E-state index in [1.807, 2.05) is 38.1 Å². The van der Waals surface area contributed by atoms with Gasteiger partial charge in [0.15, 0.2) is 5.69 Å². The normalized spacial score (nSPS) is 11.0. The summed E-state index contributed by atoms with van der Waals surface area (Å²) in [5, 5.41) is 8.25. The molecule has 29 heavy (non-hydrogen) atoms. The second kappa shape index (κ2) is 9.34. The summed E-state index contributed by atoms with van der Waals surface area (Å²) in [4.78, 5) is 25.5. The van der Waals surface area contributed by atoms with Gasteiger partial charge in [-0.05, 0) is 37.6 Å². The largest absolute Gasteiger partial charge is 0.491 e. The molecule has 3 aromatic rings. The molecule has 0 radical (unpaired) electrons. The minimum Gasteiger partial charge on any atom is -0.491 e. The summed E-state index contributed by atoms with van der Waals surface area (Å²) in [6.45, 7) is 5.00. The number of rotatable bonds is 8. The summed E-state index contributed by atoms with van der Waals surface area (Å²) in [6, 6.07) is 14.4. The van der Waals surface area contributed by atoms with Crippen LogP contribution in [-0.4, -0.2) is 36.0 Å². The van der Waals surface area contributed by atoms with E-state index in [9.17, 15) is 9.59 Å². The van der Waals surface area contributed by atoms with Crippen LogP contribution in [0.2, 0.25) is 0 Å². The summed E-state index contributed by atoms with van der Waals surface area (Å²) in [7, 11) is 1.62.